The van der Waals surface area contributed by atoms with Gasteiger partial charge >= 0.3 is 0 Å². The molecule has 0 atom stereocenters. The Labute approximate surface area is 138 Å². The van der Waals surface area contributed by atoms with E-state index in [2.05, 4.69) is 15.0 Å². The van der Waals surface area contributed by atoms with E-state index in [-0.39, 0.29) is 5.78 Å². The lowest BCUT2D eigenvalue weighted by Gasteiger charge is -2.06. The number of ether oxygens (including phenoxy) is 1. The first-order valence-corrected chi connectivity index (χ1v) is 7.46. The van der Waals surface area contributed by atoms with Gasteiger partial charge in [0.25, 0.3) is 0 Å². The Bertz CT molecular complexity index is 992. The van der Waals surface area contributed by atoms with E-state index in [9.17, 15) is 4.79 Å². The number of nitrogens with zero attached hydrogens (tertiary/aromatic N) is 2. The first-order valence-electron chi connectivity index (χ1n) is 7.46. The predicted octanol–water partition coefficient (Wildman–Crippen LogP) is 3.98. The van der Waals surface area contributed by atoms with Gasteiger partial charge in [0, 0.05) is 23.3 Å². The molecule has 5 heteroatoms. The van der Waals surface area contributed by atoms with Crippen LogP contribution in [0, 0.1) is 0 Å². The van der Waals surface area contributed by atoms with Gasteiger partial charge < -0.3 is 9.72 Å². The van der Waals surface area contributed by atoms with Crippen molar-refractivity contribution in [1.82, 2.24) is 15.0 Å². The fourth-order valence-electron chi connectivity index (χ4n) is 2.50. The van der Waals surface area contributed by atoms with E-state index < -0.39 is 0 Å². The van der Waals surface area contributed by atoms with Crippen LogP contribution in [0.15, 0.2) is 73.3 Å². The molecule has 0 unspecified atom stereocenters. The minimum Gasteiger partial charge on any atom is -0.457 e. The van der Waals surface area contributed by atoms with E-state index in [0.717, 1.165) is 5.75 Å². The van der Waals surface area contributed by atoms with Crippen molar-refractivity contribution in [3.8, 4) is 11.5 Å². The van der Waals surface area contributed by atoms with Crippen LogP contribution in [0.2, 0.25) is 0 Å². The molecule has 2 aromatic heterocycles. The number of ketones is 1. The molecular weight excluding hydrogens is 302 g/mol. The lowest BCUT2D eigenvalue weighted by Crippen LogP contribution is -2.00. The fraction of sp³-hybridized carbons (Fsp3) is 0. The molecule has 4 aromatic rings. The summed E-state index contributed by atoms with van der Waals surface area (Å²) in [5.41, 5.74) is 1.79. The zero-order chi connectivity index (χ0) is 16.4. The molecule has 0 spiro atoms. The van der Waals surface area contributed by atoms with E-state index in [0.29, 0.717) is 27.9 Å². The highest BCUT2D eigenvalue weighted by atomic mass is 16.5. The van der Waals surface area contributed by atoms with Crippen LogP contribution in [0.3, 0.4) is 0 Å². The number of aromatic amines is 1. The van der Waals surface area contributed by atoms with Crippen molar-refractivity contribution >= 4 is 16.8 Å². The van der Waals surface area contributed by atoms with Gasteiger partial charge in [0.05, 0.1) is 5.56 Å². The maximum Gasteiger partial charge on any atom is 0.195 e. The van der Waals surface area contributed by atoms with Crippen molar-refractivity contribution in [3.63, 3.8) is 0 Å². The van der Waals surface area contributed by atoms with Crippen LogP contribution >= 0.6 is 0 Å². The average molecular weight is 315 g/mol. The maximum absolute atomic E-state index is 12.7. The van der Waals surface area contributed by atoms with Crippen LogP contribution in [0.4, 0.5) is 0 Å². The van der Waals surface area contributed by atoms with Gasteiger partial charge in [-0.05, 0) is 36.4 Å². The zero-order valence-electron chi connectivity index (χ0n) is 12.6. The molecule has 116 valence electrons. The normalized spacial score (nSPS) is 10.7. The van der Waals surface area contributed by atoms with Crippen molar-refractivity contribution in [2.45, 2.75) is 0 Å². The molecule has 0 amide bonds. The molecule has 4 rings (SSSR count). The Morgan fingerprint density at radius 3 is 2.50 bits per heavy atom. The summed E-state index contributed by atoms with van der Waals surface area (Å²) in [4.78, 5) is 23.7. The number of carbonyl (C=O) groups is 1. The summed E-state index contributed by atoms with van der Waals surface area (Å²) in [7, 11) is 0. The number of fused-ring (bicyclic) bond motifs is 1. The smallest absolute Gasteiger partial charge is 0.195 e. The summed E-state index contributed by atoms with van der Waals surface area (Å²) in [6, 6.07) is 16.6. The number of aromatic nitrogens is 3. The van der Waals surface area contributed by atoms with E-state index in [1.807, 2.05) is 30.3 Å². The minimum absolute atomic E-state index is 0.0812. The third kappa shape index (κ3) is 2.63. The molecule has 0 saturated carbocycles. The van der Waals surface area contributed by atoms with Gasteiger partial charge in [-0.1, -0.05) is 18.2 Å². The standard InChI is InChI=1S/C19H13N3O2/c23-18(16-11-21-19-17(16)10-20-12-22-19)13-6-8-15(9-7-13)24-14-4-2-1-3-5-14/h1-12H,(H,20,21,22). The molecule has 0 aliphatic carbocycles. The van der Waals surface area contributed by atoms with Crippen LogP contribution in [0.5, 0.6) is 11.5 Å². The van der Waals surface area contributed by atoms with Gasteiger partial charge in [-0.2, -0.15) is 0 Å². The van der Waals surface area contributed by atoms with Gasteiger partial charge in [0.2, 0.25) is 0 Å². The molecule has 0 radical (unpaired) electrons. The van der Waals surface area contributed by atoms with Crippen molar-refractivity contribution in [3.05, 3.63) is 84.4 Å². The SMILES string of the molecule is O=C(c1ccc(Oc2ccccc2)cc1)c1c[nH]c2ncncc12. The topological polar surface area (TPSA) is 67.9 Å². The van der Waals surface area contributed by atoms with Gasteiger partial charge in [0.1, 0.15) is 23.5 Å². The summed E-state index contributed by atoms with van der Waals surface area (Å²) in [6.07, 6.45) is 4.75. The largest absolute Gasteiger partial charge is 0.457 e. The second kappa shape index (κ2) is 5.96. The highest BCUT2D eigenvalue weighted by Gasteiger charge is 2.15. The third-order valence-corrected chi connectivity index (χ3v) is 3.70. The Kier molecular flexibility index (Phi) is 3.51. The Balaban J connectivity index is 1.59. The third-order valence-electron chi connectivity index (χ3n) is 3.70. The zero-order valence-corrected chi connectivity index (χ0v) is 12.6. The Hall–Kier alpha value is -3.47. The Morgan fingerprint density at radius 1 is 0.958 bits per heavy atom. The van der Waals surface area contributed by atoms with E-state index in [1.165, 1.54) is 6.33 Å². The number of para-hydroxylation sites is 1. The van der Waals surface area contributed by atoms with E-state index >= 15 is 0 Å². The van der Waals surface area contributed by atoms with Gasteiger partial charge in [-0.3, -0.25) is 4.79 Å². The quantitative estimate of drug-likeness (QED) is 0.578. The number of hydrogen-bond donors (Lipinski definition) is 1. The minimum atomic E-state index is -0.0812. The summed E-state index contributed by atoms with van der Waals surface area (Å²) >= 11 is 0. The molecule has 1 N–H and O–H groups in total. The maximum atomic E-state index is 12.7. The molecule has 2 heterocycles. The summed E-state index contributed by atoms with van der Waals surface area (Å²) < 4.78 is 5.74. The Morgan fingerprint density at radius 2 is 1.71 bits per heavy atom. The number of rotatable bonds is 4. The summed E-state index contributed by atoms with van der Waals surface area (Å²) in [6.45, 7) is 0. The first-order chi connectivity index (χ1) is 11.8. The second-order valence-electron chi connectivity index (χ2n) is 5.26. The highest BCUT2D eigenvalue weighted by molar-refractivity contribution is 6.15. The van der Waals surface area contributed by atoms with Crippen molar-refractivity contribution in [2.24, 2.45) is 0 Å². The van der Waals surface area contributed by atoms with Crippen LogP contribution in [-0.4, -0.2) is 20.7 Å². The number of nitrogens with one attached hydrogen (secondary N) is 1. The van der Waals surface area contributed by atoms with E-state index in [4.69, 9.17) is 4.74 Å². The van der Waals surface area contributed by atoms with Crippen LogP contribution < -0.4 is 4.74 Å². The van der Waals surface area contributed by atoms with Crippen molar-refractivity contribution < 1.29 is 9.53 Å². The molecule has 0 fully saturated rings. The van der Waals surface area contributed by atoms with Gasteiger partial charge in [-0.15, -0.1) is 0 Å². The molecular formula is C19H13N3O2. The predicted molar refractivity (Wildman–Crippen MR) is 90.3 cm³/mol. The van der Waals surface area contributed by atoms with Crippen molar-refractivity contribution in [2.75, 3.05) is 0 Å². The van der Waals surface area contributed by atoms with Crippen molar-refractivity contribution in [1.29, 1.82) is 0 Å². The van der Waals surface area contributed by atoms with Gasteiger partial charge in [0.15, 0.2) is 5.78 Å². The lowest BCUT2D eigenvalue weighted by atomic mass is 10.0. The molecule has 0 bridgehead atoms. The molecule has 0 aliphatic rings. The highest BCUT2D eigenvalue weighted by Crippen LogP contribution is 2.23. The van der Waals surface area contributed by atoms with Crippen LogP contribution in [0.25, 0.3) is 11.0 Å². The first kappa shape index (κ1) is 14.1. The van der Waals surface area contributed by atoms with E-state index in [1.54, 1.807) is 36.7 Å². The molecule has 5 nitrogen and oxygen atoms in total. The molecule has 0 saturated heterocycles. The number of benzene rings is 2. The summed E-state index contributed by atoms with van der Waals surface area (Å²) in [5.74, 6) is 1.35. The molecule has 0 aliphatic heterocycles. The van der Waals surface area contributed by atoms with Crippen LogP contribution in [-0.2, 0) is 0 Å². The average Bonchev–Trinajstić information content (AvgIpc) is 3.07. The molecule has 2 aromatic carbocycles. The number of carbonyl (C=O) groups excluding carboxylic acids is 1. The number of hydrogen-bond acceptors (Lipinski definition) is 4. The monoisotopic (exact) mass is 315 g/mol. The molecule has 24 heavy (non-hydrogen) atoms. The fourth-order valence-corrected chi connectivity index (χ4v) is 2.50. The lowest BCUT2D eigenvalue weighted by molar-refractivity contribution is 0.104. The summed E-state index contributed by atoms with van der Waals surface area (Å²) in [5, 5.41) is 0.715. The second-order valence-corrected chi connectivity index (χ2v) is 5.26. The van der Waals surface area contributed by atoms with Crippen LogP contribution in [0.1, 0.15) is 15.9 Å². The number of H-pyrrole nitrogens is 1. The van der Waals surface area contributed by atoms with Gasteiger partial charge in [-0.25, -0.2) is 9.97 Å².